The highest BCUT2D eigenvalue weighted by Gasteiger charge is 2.16. The van der Waals surface area contributed by atoms with Crippen LogP contribution in [0.3, 0.4) is 0 Å². The molecule has 1 amide bonds. The molecule has 0 unspecified atom stereocenters. The van der Waals surface area contributed by atoms with Gasteiger partial charge in [-0.3, -0.25) is 4.79 Å². The van der Waals surface area contributed by atoms with Crippen LogP contribution < -0.4 is 10.1 Å². The Labute approximate surface area is 125 Å². The predicted molar refractivity (Wildman–Crippen MR) is 79.3 cm³/mol. The highest BCUT2D eigenvalue weighted by Crippen LogP contribution is 2.24. The molecule has 1 aliphatic rings. The Morgan fingerprint density at radius 1 is 1.33 bits per heavy atom. The molecule has 0 aromatic heterocycles. The van der Waals surface area contributed by atoms with E-state index in [4.69, 9.17) is 14.6 Å². The first-order valence-electron chi connectivity index (χ1n) is 7.31. The van der Waals surface area contributed by atoms with Crippen LogP contribution >= 0.6 is 0 Å². The van der Waals surface area contributed by atoms with Crippen molar-refractivity contribution in [2.75, 3.05) is 19.8 Å². The van der Waals surface area contributed by atoms with Gasteiger partial charge in [-0.25, -0.2) is 0 Å². The molecule has 1 saturated heterocycles. The Morgan fingerprint density at radius 2 is 1.95 bits per heavy atom. The maximum absolute atomic E-state index is 11.9. The smallest absolute Gasteiger partial charge is 0.258 e. The van der Waals surface area contributed by atoms with Gasteiger partial charge in [-0.2, -0.15) is 0 Å². The maximum Gasteiger partial charge on any atom is 0.258 e. The van der Waals surface area contributed by atoms with E-state index in [1.807, 2.05) is 26.0 Å². The van der Waals surface area contributed by atoms with Crippen LogP contribution in [0, 0.1) is 13.8 Å². The van der Waals surface area contributed by atoms with Crippen molar-refractivity contribution in [3.8, 4) is 5.75 Å². The summed E-state index contributed by atoms with van der Waals surface area (Å²) < 4.78 is 10.9. The Morgan fingerprint density at radius 3 is 2.52 bits per heavy atom. The lowest BCUT2D eigenvalue weighted by Gasteiger charge is -2.23. The average molecular weight is 293 g/mol. The monoisotopic (exact) mass is 293 g/mol. The minimum atomic E-state index is -0.105. The quantitative estimate of drug-likeness (QED) is 0.862. The van der Waals surface area contributed by atoms with E-state index in [-0.39, 0.29) is 25.2 Å². The van der Waals surface area contributed by atoms with Crippen LogP contribution in [0.4, 0.5) is 0 Å². The zero-order valence-electron chi connectivity index (χ0n) is 12.6. The second kappa shape index (κ2) is 7.43. The van der Waals surface area contributed by atoms with E-state index in [2.05, 4.69) is 5.32 Å². The fourth-order valence-electron chi connectivity index (χ4n) is 2.61. The summed E-state index contributed by atoms with van der Waals surface area (Å²) in [6.07, 6.45) is 1.71. The van der Waals surface area contributed by atoms with Gasteiger partial charge in [0.1, 0.15) is 5.75 Å². The average Bonchev–Trinajstić information content (AvgIpc) is 2.47. The van der Waals surface area contributed by atoms with E-state index in [1.54, 1.807) is 0 Å². The van der Waals surface area contributed by atoms with Gasteiger partial charge >= 0.3 is 0 Å². The zero-order chi connectivity index (χ0) is 15.2. The number of benzene rings is 1. The van der Waals surface area contributed by atoms with Crippen molar-refractivity contribution in [1.29, 1.82) is 0 Å². The lowest BCUT2D eigenvalue weighted by atomic mass is 10.1. The zero-order valence-corrected chi connectivity index (χ0v) is 12.6. The first-order chi connectivity index (χ1) is 10.1. The molecule has 1 aromatic rings. The third-order valence-electron chi connectivity index (χ3n) is 3.64. The highest BCUT2D eigenvalue weighted by atomic mass is 16.5. The van der Waals surface area contributed by atoms with E-state index < -0.39 is 0 Å². The Kier molecular flexibility index (Phi) is 5.59. The summed E-state index contributed by atoms with van der Waals surface area (Å²) in [6.45, 7) is 5.25. The van der Waals surface area contributed by atoms with Crippen LogP contribution in [0.2, 0.25) is 0 Å². The van der Waals surface area contributed by atoms with Crippen molar-refractivity contribution in [1.82, 2.24) is 5.32 Å². The number of carbonyl (C=O) groups is 1. The van der Waals surface area contributed by atoms with Gasteiger partial charge in [0.2, 0.25) is 0 Å². The number of amides is 1. The number of aryl methyl sites for hydroxylation is 2. The fourth-order valence-corrected chi connectivity index (χ4v) is 2.61. The lowest BCUT2D eigenvalue weighted by molar-refractivity contribution is -0.124. The largest absolute Gasteiger partial charge is 0.483 e. The van der Waals surface area contributed by atoms with Gasteiger partial charge in [0.05, 0.1) is 6.61 Å². The summed E-state index contributed by atoms with van der Waals surface area (Å²) in [4.78, 5) is 11.9. The molecule has 2 rings (SSSR count). The van der Waals surface area contributed by atoms with Crippen LogP contribution in [0.15, 0.2) is 12.1 Å². The van der Waals surface area contributed by atoms with E-state index >= 15 is 0 Å². The van der Waals surface area contributed by atoms with Gasteiger partial charge in [-0.1, -0.05) is 12.1 Å². The summed E-state index contributed by atoms with van der Waals surface area (Å²) in [6, 6.07) is 3.94. The number of nitrogens with one attached hydrogen (secondary N) is 1. The molecule has 5 nitrogen and oxygen atoms in total. The predicted octanol–water partition coefficient (Wildman–Crippen LogP) is 1.47. The molecular weight excluding hydrogens is 270 g/mol. The molecule has 21 heavy (non-hydrogen) atoms. The summed E-state index contributed by atoms with van der Waals surface area (Å²) in [5.41, 5.74) is 2.71. The highest BCUT2D eigenvalue weighted by molar-refractivity contribution is 5.78. The molecule has 0 atom stereocenters. The summed E-state index contributed by atoms with van der Waals surface area (Å²) >= 11 is 0. The Hall–Kier alpha value is -1.59. The van der Waals surface area contributed by atoms with Crippen molar-refractivity contribution >= 4 is 5.91 Å². The van der Waals surface area contributed by atoms with E-state index in [1.165, 1.54) is 0 Å². The van der Waals surface area contributed by atoms with Crippen LogP contribution in [0.5, 0.6) is 5.75 Å². The Balaban J connectivity index is 1.88. The minimum Gasteiger partial charge on any atom is -0.483 e. The van der Waals surface area contributed by atoms with Gasteiger partial charge in [-0.15, -0.1) is 0 Å². The van der Waals surface area contributed by atoms with Crippen molar-refractivity contribution < 1.29 is 19.4 Å². The molecule has 5 heteroatoms. The van der Waals surface area contributed by atoms with Crippen molar-refractivity contribution in [2.24, 2.45) is 0 Å². The molecule has 0 aliphatic carbocycles. The molecule has 2 N–H and O–H groups in total. The number of rotatable bonds is 5. The summed E-state index contributed by atoms with van der Waals surface area (Å²) in [7, 11) is 0. The van der Waals surface area contributed by atoms with Gasteiger partial charge in [0.15, 0.2) is 6.61 Å². The van der Waals surface area contributed by atoms with Gasteiger partial charge in [-0.05, 0) is 43.4 Å². The number of aliphatic hydroxyl groups excluding tert-OH is 1. The summed E-state index contributed by atoms with van der Waals surface area (Å²) in [5.74, 6) is 0.612. The number of hydrogen-bond donors (Lipinski definition) is 2. The third kappa shape index (κ3) is 4.44. The number of aliphatic hydroxyl groups is 1. The van der Waals surface area contributed by atoms with Gasteiger partial charge in [0.25, 0.3) is 5.91 Å². The van der Waals surface area contributed by atoms with Crippen LogP contribution in [0.25, 0.3) is 0 Å². The maximum atomic E-state index is 11.9. The molecule has 1 aliphatic heterocycles. The molecular formula is C16H23NO4. The van der Waals surface area contributed by atoms with Gasteiger partial charge < -0.3 is 19.9 Å². The molecule has 1 fully saturated rings. The lowest BCUT2D eigenvalue weighted by Crippen LogP contribution is -2.41. The van der Waals surface area contributed by atoms with Crippen molar-refractivity contribution in [3.05, 3.63) is 28.8 Å². The first kappa shape index (κ1) is 15.8. The molecule has 0 saturated carbocycles. The molecule has 1 aromatic carbocycles. The molecule has 0 spiro atoms. The SMILES string of the molecule is Cc1cc(CO)cc(C)c1OCC(=O)NC1CCOCC1. The third-order valence-corrected chi connectivity index (χ3v) is 3.64. The molecule has 116 valence electrons. The van der Waals surface area contributed by atoms with E-state index in [0.717, 1.165) is 29.5 Å². The number of carbonyl (C=O) groups excluding carboxylic acids is 1. The normalized spacial score (nSPS) is 15.8. The van der Waals surface area contributed by atoms with Crippen LogP contribution in [-0.2, 0) is 16.1 Å². The molecule has 1 heterocycles. The van der Waals surface area contributed by atoms with Crippen LogP contribution in [-0.4, -0.2) is 36.9 Å². The topological polar surface area (TPSA) is 67.8 Å². The van der Waals surface area contributed by atoms with Gasteiger partial charge in [0, 0.05) is 19.3 Å². The Bertz CT molecular complexity index is 472. The minimum absolute atomic E-state index is 0.00615. The summed E-state index contributed by atoms with van der Waals surface area (Å²) in [5, 5.41) is 12.1. The van der Waals surface area contributed by atoms with Crippen molar-refractivity contribution in [2.45, 2.75) is 39.3 Å². The second-order valence-electron chi connectivity index (χ2n) is 5.46. The number of hydrogen-bond acceptors (Lipinski definition) is 4. The molecule has 0 radical (unpaired) electrons. The first-order valence-corrected chi connectivity index (χ1v) is 7.31. The van der Waals surface area contributed by atoms with Crippen molar-refractivity contribution in [3.63, 3.8) is 0 Å². The second-order valence-corrected chi connectivity index (χ2v) is 5.46. The fraction of sp³-hybridized carbons (Fsp3) is 0.562. The molecule has 0 bridgehead atoms. The standard InChI is InChI=1S/C16H23NO4/c1-11-7-13(9-18)8-12(2)16(11)21-10-15(19)17-14-3-5-20-6-4-14/h7-8,14,18H,3-6,9-10H2,1-2H3,(H,17,19). The van der Waals surface area contributed by atoms with E-state index in [0.29, 0.717) is 19.0 Å². The number of ether oxygens (including phenoxy) is 2. The van der Waals surface area contributed by atoms with Crippen LogP contribution in [0.1, 0.15) is 29.5 Å². The van der Waals surface area contributed by atoms with E-state index in [9.17, 15) is 4.79 Å².